The molecule has 5 atom stereocenters. The highest BCUT2D eigenvalue weighted by atomic mass is 19.4. The summed E-state index contributed by atoms with van der Waals surface area (Å²) in [6.07, 6.45) is -0.465. The average Bonchev–Trinajstić information content (AvgIpc) is 2.86. The molecule has 0 aromatic heterocycles. The normalized spacial score (nSPS) is 40.1. The molecule has 17 heavy (non-hydrogen) atoms. The Morgan fingerprint density at radius 1 is 1.00 bits per heavy atom. The van der Waals surface area contributed by atoms with Crippen LogP contribution in [0.15, 0.2) is 0 Å². The fourth-order valence-electron chi connectivity index (χ4n) is 4.14. The third-order valence-electron chi connectivity index (χ3n) is 4.69. The maximum atomic E-state index is 13.0. The van der Waals surface area contributed by atoms with Gasteiger partial charge in [0, 0.05) is 0 Å². The molecule has 5 unspecified atom stereocenters. The number of hydrogen-bond donors (Lipinski definition) is 0. The van der Waals surface area contributed by atoms with E-state index in [2.05, 4.69) is 0 Å². The molecular formula is C14H25F3. The van der Waals surface area contributed by atoms with Crippen LogP contribution in [0.5, 0.6) is 0 Å². The highest BCUT2D eigenvalue weighted by molar-refractivity contribution is 5.02. The van der Waals surface area contributed by atoms with E-state index in [1.54, 1.807) is 0 Å². The van der Waals surface area contributed by atoms with Crippen molar-refractivity contribution in [2.75, 3.05) is 0 Å². The van der Waals surface area contributed by atoms with E-state index >= 15 is 0 Å². The molecule has 2 aliphatic carbocycles. The predicted octanol–water partition coefficient (Wildman–Crippen LogP) is 5.28. The minimum atomic E-state index is -3.96. The molecular weight excluding hydrogens is 225 g/mol. The SMILES string of the molecule is CC.CCC1CC2CC1C(C(F)(F)F)C2CC. The van der Waals surface area contributed by atoms with Gasteiger partial charge in [-0.1, -0.05) is 40.5 Å². The molecule has 2 rings (SSSR count). The van der Waals surface area contributed by atoms with E-state index in [1.165, 1.54) is 0 Å². The maximum absolute atomic E-state index is 13.0. The lowest BCUT2D eigenvalue weighted by atomic mass is 9.72. The molecule has 0 N–H and O–H groups in total. The largest absolute Gasteiger partial charge is 0.392 e. The van der Waals surface area contributed by atoms with Crippen LogP contribution in [0.2, 0.25) is 0 Å². The zero-order chi connectivity index (χ0) is 13.2. The van der Waals surface area contributed by atoms with E-state index in [-0.39, 0.29) is 11.8 Å². The second kappa shape index (κ2) is 5.62. The Morgan fingerprint density at radius 2 is 1.59 bits per heavy atom. The molecule has 2 bridgehead atoms. The van der Waals surface area contributed by atoms with Gasteiger partial charge in [0.1, 0.15) is 0 Å². The van der Waals surface area contributed by atoms with Crippen LogP contribution in [-0.4, -0.2) is 6.18 Å². The summed E-state index contributed by atoms with van der Waals surface area (Å²) in [5.74, 6) is -0.449. The van der Waals surface area contributed by atoms with Crippen LogP contribution in [-0.2, 0) is 0 Å². The molecule has 0 aromatic carbocycles. The van der Waals surface area contributed by atoms with Gasteiger partial charge in [0.05, 0.1) is 5.92 Å². The van der Waals surface area contributed by atoms with Crippen molar-refractivity contribution >= 4 is 0 Å². The van der Waals surface area contributed by atoms with Crippen molar-refractivity contribution < 1.29 is 13.2 Å². The van der Waals surface area contributed by atoms with Gasteiger partial charge in [-0.25, -0.2) is 0 Å². The standard InChI is InChI=1S/C12H19F3.C2H6/c1-3-7-5-8-6-10(7)11(9(8)4-2)12(13,14)15;1-2/h7-11H,3-6H2,1-2H3;1-2H3. The monoisotopic (exact) mass is 250 g/mol. The highest BCUT2D eigenvalue weighted by Gasteiger charge is 2.60. The van der Waals surface area contributed by atoms with Crippen molar-refractivity contribution in [1.82, 2.24) is 0 Å². The summed E-state index contributed by atoms with van der Waals surface area (Å²) >= 11 is 0. The Bertz CT molecular complexity index is 234. The van der Waals surface area contributed by atoms with Crippen LogP contribution in [0.1, 0.15) is 53.4 Å². The molecule has 0 radical (unpaired) electrons. The molecule has 0 amide bonds. The molecule has 2 fully saturated rings. The predicted molar refractivity (Wildman–Crippen MR) is 64.7 cm³/mol. The summed E-state index contributed by atoms with van der Waals surface area (Å²) in [5, 5.41) is 0. The molecule has 0 saturated heterocycles. The lowest BCUT2D eigenvalue weighted by Gasteiger charge is -2.36. The van der Waals surface area contributed by atoms with E-state index in [1.807, 2.05) is 27.7 Å². The Balaban J connectivity index is 0.000000686. The fourth-order valence-corrected chi connectivity index (χ4v) is 4.14. The van der Waals surface area contributed by atoms with Gasteiger partial charge in [-0.3, -0.25) is 0 Å². The quantitative estimate of drug-likeness (QED) is 0.625. The van der Waals surface area contributed by atoms with Crippen LogP contribution in [0, 0.1) is 29.6 Å². The minimum Gasteiger partial charge on any atom is -0.171 e. The second-order valence-corrected chi connectivity index (χ2v) is 5.20. The van der Waals surface area contributed by atoms with Crippen molar-refractivity contribution in [2.24, 2.45) is 29.6 Å². The van der Waals surface area contributed by atoms with Crippen LogP contribution >= 0.6 is 0 Å². The van der Waals surface area contributed by atoms with E-state index in [4.69, 9.17) is 0 Å². The third kappa shape index (κ3) is 2.63. The van der Waals surface area contributed by atoms with Crippen molar-refractivity contribution in [3.8, 4) is 0 Å². The number of rotatable bonds is 2. The molecule has 0 spiro atoms. The molecule has 2 aliphatic rings. The summed E-state index contributed by atoms with van der Waals surface area (Å²) in [6.45, 7) is 7.94. The molecule has 0 aliphatic heterocycles. The summed E-state index contributed by atoms with van der Waals surface area (Å²) in [7, 11) is 0. The Kier molecular flexibility index (Phi) is 4.91. The van der Waals surface area contributed by atoms with Gasteiger partial charge in [0.15, 0.2) is 0 Å². The van der Waals surface area contributed by atoms with Gasteiger partial charge in [-0.2, -0.15) is 13.2 Å². The fraction of sp³-hybridized carbons (Fsp3) is 1.00. The van der Waals surface area contributed by atoms with Gasteiger partial charge < -0.3 is 0 Å². The van der Waals surface area contributed by atoms with Crippen molar-refractivity contribution in [2.45, 2.75) is 59.6 Å². The number of alkyl halides is 3. The average molecular weight is 250 g/mol. The summed E-state index contributed by atoms with van der Waals surface area (Å²) in [5.41, 5.74) is 0. The van der Waals surface area contributed by atoms with Crippen LogP contribution in [0.4, 0.5) is 13.2 Å². The first-order chi connectivity index (χ1) is 7.99. The Hall–Kier alpha value is -0.210. The number of fused-ring (bicyclic) bond motifs is 2. The van der Waals surface area contributed by atoms with E-state index in [9.17, 15) is 13.2 Å². The Morgan fingerprint density at radius 3 is 2.00 bits per heavy atom. The Labute approximate surface area is 103 Å². The highest BCUT2D eigenvalue weighted by Crippen LogP contribution is 2.61. The number of halogens is 3. The molecule has 3 heteroatoms. The van der Waals surface area contributed by atoms with Crippen LogP contribution < -0.4 is 0 Å². The minimum absolute atomic E-state index is 0.0649. The van der Waals surface area contributed by atoms with E-state index in [0.29, 0.717) is 18.3 Å². The number of hydrogen-bond acceptors (Lipinski definition) is 0. The van der Waals surface area contributed by atoms with Gasteiger partial charge in [-0.15, -0.1) is 0 Å². The van der Waals surface area contributed by atoms with E-state index in [0.717, 1.165) is 19.3 Å². The summed E-state index contributed by atoms with van der Waals surface area (Å²) < 4.78 is 38.9. The first-order valence-corrected chi connectivity index (χ1v) is 7.05. The lowest BCUT2D eigenvalue weighted by molar-refractivity contribution is -0.206. The summed E-state index contributed by atoms with van der Waals surface area (Å²) in [6, 6.07) is 0. The zero-order valence-electron chi connectivity index (χ0n) is 11.3. The maximum Gasteiger partial charge on any atom is 0.392 e. The van der Waals surface area contributed by atoms with Gasteiger partial charge in [0.25, 0.3) is 0 Å². The van der Waals surface area contributed by atoms with Crippen LogP contribution in [0.25, 0.3) is 0 Å². The van der Waals surface area contributed by atoms with Gasteiger partial charge >= 0.3 is 6.18 Å². The molecule has 0 nitrogen and oxygen atoms in total. The van der Waals surface area contributed by atoms with Gasteiger partial charge in [0.2, 0.25) is 0 Å². The van der Waals surface area contributed by atoms with Crippen molar-refractivity contribution in [1.29, 1.82) is 0 Å². The van der Waals surface area contributed by atoms with E-state index < -0.39 is 12.1 Å². The second-order valence-electron chi connectivity index (χ2n) is 5.20. The first kappa shape index (κ1) is 14.8. The first-order valence-electron chi connectivity index (χ1n) is 7.05. The summed E-state index contributed by atoms with van der Waals surface area (Å²) in [4.78, 5) is 0. The molecule has 0 heterocycles. The lowest BCUT2D eigenvalue weighted by Crippen LogP contribution is -2.38. The van der Waals surface area contributed by atoms with Crippen LogP contribution in [0.3, 0.4) is 0 Å². The van der Waals surface area contributed by atoms with Gasteiger partial charge in [-0.05, 0) is 36.5 Å². The van der Waals surface area contributed by atoms with Crippen molar-refractivity contribution in [3.05, 3.63) is 0 Å². The third-order valence-corrected chi connectivity index (χ3v) is 4.69. The molecule has 102 valence electrons. The topological polar surface area (TPSA) is 0 Å². The van der Waals surface area contributed by atoms with Crippen molar-refractivity contribution in [3.63, 3.8) is 0 Å². The zero-order valence-corrected chi connectivity index (χ0v) is 11.3. The molecule has 2 saturated carbocycles. The molecule has 0 aromatic rings. The smallest absolute Gasteiger partial charge is 0.171 e.